The lowest BCUT2D eigenvalue weighted by Gasteiger charge is -2.24. The average Bonchev–Trinajstić information content (AvgIpc) is 2.77. The van der Waals surface area contributed by atoms with Crippen LogP contribution in [-0.2, 0) is 31.2 Å². The molecule has 1 aromatic carbocycles. The summed E-state index contributed by atoms with van der Waals surface area (Å²) in [7, 11) is 0. The quantitative estimate of drug-likeness (QED) is 0.684. The molecule has 0 radical (unpaired) electrons. The molecule has 1 saturated heterocycles. The Morgan fingerprint density at radius 1 is 1.33 bits per heavy atom. The maximum atomic E-state index is 11.9. The predicted molar refractivity (Wildman–Crippen MR) is 79.7 cm³/mol. The van der Waals surface area contributed by atoms with Crippen molar-refractivity contribution in [2.45, 2.75) is 45.5 Å². The number of ether oxygens (including phenoxy) is 3. The number of anilines is 1. The van der Waals surface area contributed by atoms with E-state index in [1.54, 1.807) is 6.07 Å². The highest BCUT2D eigenvalue weighted by atomic mass is 16.7. The van der Waals surface area contributed by atoms with Crippen LogP contribution < -0.4 is 5.73 Å². The maximum Gasteiger partial charge on any atom is 0.310 e. The average molecular weight is 293 g/mol. The van der Waals surface area contributed by atoms with Gasteiger partial charge in [0.15, 0.2) is 5.79 Å². The Hall–Kier alpha value is -1.59. The lowest BCUT2D eigenvalue weighted by molar-refractivity contribution is -0.153. The van der Waals surface area contributed by atoms with Crippen LogP contribution in [0.3, 0.4) is 0 Å². The first-order valence-electron chi connectivity index (χ1n) is 7.08. The minimum absolute atomic E-state index is 0.155. The Balaban J connectivity index is 2.11. The third kappa shape index (κ3) is 3.95. The molecule has 0 bridgehead atoms. The molecule has 0 aliphatic carbocycles. The van der Waals surface area contributed by atoms with Gasteiger partial charge in [-0.1, -0.05) is 12.1 Å². The van der Waals surface area contributed by atoms with Gasteiger partial charge in [0.25, 0.3) is 0 Å². The molecule has 1 heterocycles. The van der Waals surface area contributed by atoms with Crippen LogP contribution in [0.2, 0.25) is 0 Å². The molecule has 1 aliphatic rings. The van der Waals surface area contributed by atoms with Gasteiger partial charge in [0.05, 0.1) is 19.6 Å². The van der Waals surface area contributed by atoms with Crippen LogP contribution in [-0.4, -0.2) is 24.8 Å². The Kier molecular flexibility index (Phi) is 4.25. The van der Waals surface area contributed by atoms with Crippen LogP contribution >= 0.6 is 0 Å². The van der Waals surface area contributed by atoms with Crippen molar-refractivity contribution in [3.05, 3.63) is 29.3 Å². The number of nitrogen functional groups attached to an aromatic ring is 1. The number of nitrogens with two attached hydrogens (primary N) is 1. The van der Waals surface area contributed by atoms with Crippen LogP contribution in [0.4, 0.5) is 5.69 Å². The van der Waals surface area contributed by atoms with Gasteiger partial charge >= 0.3 is 5.97 Å². The van der Waals surface area contributed by atoms with Crippen LogP contribution in [0.15, 0.2) is 18.2 Å². The number of carbonyl (C=O) groups excluding carboxylic acids is 1. The zero-order valence-electron chi connectivity index (χ0n) is 13.1. The van der Waals surface area contributed by atoms with E-state index in [4.69, 9.17) is 19.9 Å². The van der Waals surface area contributed by atoms with Crippen LogP contribution in [0.25, 0.3) is 0 Å². The lowest BCUT2D eigenvalue weighted by Crippen LogP contribution is -2.25. The van der Waals surface area contributed by atoms with E-state index in [0.29, 0.717) is 18.9 Å². The molecule has 116 valence electrons. The molecule has 5 nitrogen and oxygen atoms in total. The van der Waals surface area contributed by atoms with E-state index in [0.717, 1.165) is 11.1 Å². The van der Waals surface area contributed by atoms with Gasteiger partial charge in [-0.25, -0.2) is 0 Å². The summed E-state index contributed by atoms with van der Waals surface area (Å²) in [5.74, 6) is -1.04. The third-order valence-electron chi connectivity index (χ3n) is 3.26. The summed E-state index contributed by atoms with van der Waals surface area (Å²) in [6.07, 6.45) is 0.155. The van der Waals surface area contributed by atoms with E-state index in [-0.39, 0.29) is 12.4 Å². The summed E-state index contributed by atoms with van der Waals surface area (Å²) in [6, 6.07) is 5.50. The number of hydrogen-bond acceptors (Lipinski definition) is 5. The van der Waals surface area contributed by atoms with Crippen LogP contribution in [0.1, 0.15) is 38.8 Å². The molecule has 1 fully saturated rings. The van der Waals surface area contributed by atoms with Crippen molar-refractivity contribution in [3.8, 4) is 0 Å². The molecule has 0 amide bonds. The van der Waals surface area contributed by atoms with E-state index < -0.39 is 11.4 Å². The van der Waals surface area contributed by atoms with Gasteiger partial charge in [-0.2, -0.15) is 0 Å². The van der Waals surface area contributed by atoms with Gasteiger partial charge in [-0.3, -0.25) is 4.79 Å². The number of benzene rings is 1. The van der Waals surface area contributed by atoms with E-state index in [1.807, 2.05) is 39.8 Å². The fourth-order valence-corrected chi connectivity index (χ4v) is 2.25. The van der Waals surface area contributed by atoms with Crippen molar-refractivity contribution in [2.24, 2.45) is 0 Å². The van der Waals surface area contributed by atoms with Gasteiger partial charge in [0.2, 0.25) is 0 Å². The molecule has 0 spiro atoms. The van der Waals surface area contributed by atoms with Crippen LogP contribution in [0, 0.1) is 0 Å². The molecule has 21 heavy (non-hydrogen) atoms. The number of carbonyl (C=O) groups is 1. The lowest BCUT2D eigenvalue weighted by atomic mass is 10.0. The highest BCUT2D eigenvalue weighted by Crippen LogP contribution is 2.32. The highest BCUT2D eigenvalue weighted by molar-refractivity contribution is 5.75. The molecular formula is C16H23NO4. The van der Waals surface area contributed by atoms with Gasteiger partial charge in [-0.15, -0.1) is 0 Å². The van der Waals surface area contributed by atoms with Crippen molar-refractivity contribution in [1.82, 2.24) is 0 Å². The zero-order chi connectivity index (χ0) is 15.7. The highest BCUT2D eigenvalue weighted by Gasteiger charge is 2.33. The van der Waals surface area contributed by atoms with Gasteiger partial charge < -0.3 is 19.9 Å². The SMILES string of the molecule is CC(C)(C)OC(=O)Cc1ccc(C2(C)OCCO2)cc1N. The van der Waals surface area contributed by atoms with Crippen molar-refractivity contribution < 1.29 is 19.0 Å². The number of rotatable bonds is 3. The Labute approximate surface area is 125 Å². The second-order valence-corrected chi connectivity index (χ2v) is 6.32. The molecule has 0 atom stereocenters. The Morgan fingerprint density at radius 3 is 2.48 bits per heavy atom. The minimum Gasteiger partial charge on any atom is -0.460 e. The molecule has 0 unspecified atom stereocenters. The van der Waals surface area contributed by atoms with E-state index in [1.165, 1.54) is 0 Å². The largest absolute Gasteiger partial charge is 0.460 e. The zero-order valence-corrected chi connectivity index (χ0v) is 13.1. The topological polar surface area (TPSA) is 70.8 Å². The second-order valence-electron chi connectivity index (χ2n) is 6.32. The molecule has 0 saturated carbocycles. The normalized spacial score (nSPS) is 17.7. The fraction of sp³-hybridized carbons (Fsp3) is 0.562. The molecule has 1 aromatic rings. The molecular weight excluding hydrogens is 270 g/mol. The van der Waals surface area contributed by atoms with E-state index >= 15 is 0 Å². The van der Waals surface area contributed by atoms with E-state index in [9.17, 15) is 4.79 Å². The second kappa shape index (κ2) is 5.66. The van der Waals surface area contributed by atoms with Crippen LogP contribution in [0.5, 0.6) is 0 Å². The summed E-state index contributed by atoms with van der Waals surface area (Å²) >= 11 is 0. The fourth-order valence-electron chi connectivity index (χ4n) is 2.25. The van der Waals surface area contributed by atoms with Gasteiger partial charge in [0.1, 0.15) is 5.60 Å². The monoisotopic (exact) mass is 293 g/mol. The maximum absolute atomic E-state index is 11.9. The Morgan fingerprint density at radius 2 is 1.95 bits per heavy atom. The predicted octanol–water partition coefficient (Wildman–Crippen LogP) is 2.37. The smallest absolute Gasteiger partial charge is 0.310 e. The van der Waals surface area contributed by atoms with E-state index in [2.05, 4.69) is 0 Å². The first-order valence-corrected chi connectivity index (χ1v) is 7.08. The molecule has 0 aromatic heterocycles. The summed E-state index contributed by atoms with van der Waals surface area (Å²) in [4.78, 5) is 11.9. The Bertz CT molecular complexity index is 528. The van der Waals surface area contributed by atoms with Crippen molar-refractivity contribution >= 4 is 11.7 Å². The summed E-state index contributed by atoms with van der Waals surface area (Å²) in [5, 5.41) is 0. The van der Waals surface area contributed by atoms with Crippen molar-refractivity contribution in [1.29, 1.82) is 0 Å². The van der Waals surface area contributed by atoms with Gasteiger partial charge in [-0.05, 0) is 39.3 Å². The molecule has 2 N–H and O–H groups in total. The minimum atomic E-state index is -0.751. The molecule has 5 heteroatoms. The number of hydrogen-bond donors (Lipinski definition) is 1. The number of esters is 1. The standard InChI is InChI=1S/C16H23NO4/c1-15(2,3)21-14(18)9-11-5-6-12(10-13(11)17)16(4)19-7-8-20-16/h5-6,10H,7-9,17H2,1-4H3. The third-order valence-corrected chi connectivity index (χ3v) is 3.26. The summed E-state index contributed by atoms with van der Waals surface area (Å²) in [6.45, 7) is 8.52. The first kappa shape index (κ1) is 15.8. The first-order chi connectivity index (χ1) is 9.70. The van der Waals surface area contributed by atoms with Crippen molar-refractivity contribution in [2.75, 3.05) is 18.9 Å². The molecule has 1 aliphatic heterocycles. The van der Waals surface area contributed by atoms with Crippen molar-refractivity contribution in [3.63, 3.8) is 0 Å². The summed E-state index contributed by atoms with van der Waals surface area (Å²) < 4.78 is 16.5. The molecule has 2 rings (SSSR count). The van der Waals surface area contributed by atoms with Gasteiger partial charge in [0, 0.05) is 11.3 Å². The summed E-state index contributed by atoms with van der Waals surface area (Å²) in [5.41, 5.74) is 7.68.